The molecule has 98 heavy (non-hydrogen) atoms. The quantitative estimate of drug-likeness (QED) is 0.0487. The number of benzene rings is 2. The molecule has 0 bridgehead atoms. The zero-order valence-corrected chi connectivity index (χ0v) is 54.4. The Morgan fingerprint density at radius 2 is 1.04 bits per heavy atom. The highest BCUT2D eigenvalue weighted by Crippen LogP contribution is 2.36. The molecule has 540 valence electrons. The van der Waals surface area contributed by atoms with Crippen LogP contribution < -0.4 is 5.43 Å². The van der Waals surface area contributed by atoms with Crippen molar-refractivity contribution in [3.63, 3.8) is 0 Å². The molecule has 0 spiro atoms. The number of hydrogen-bond donors (Lipinski definition) is 3. The van der Waals surface area contributed by atoms with E-state index in [0.717, 1.165) is 56.0 Å². The van der Waals surface area contributed by atoms with Gasteiger partial charge < -0.3 is 39.0 Å². The molecule has 9 rings (SSSR count). The number of aromatic nitrogens is 4. The summed E-state index contributed by atoms with van der Waals surface area (Å²) in [7, 11) is 5.00. The maximum absolute atomic E-state index is 13.2. The summed E-state index contributed by atoms with van der Waals surface area (Å²) in [5.74, 6) is -2.68. The first kappa shape index (κ1) is 81.5. The third kappa shape index (κ3) is 21.8. The van der Waals surface area contributed by atoms with Crippen molar-refractivity contribution in [3.8, 4) is 11.4 Å². The summed E-state index contributed by atoms with van der Waals surface area (Å²) in [6.07, 6.45) is -16.6. The number of rotatable bonds is 13. The number of aliphatic imine (C=N–C) groups is 2. The van der Waals surface area contributed by atoms with Gasteiger partial charge in [-0.05, 0) is 99.6 Å². The van der Waals surface area contributed by atoms with Crippen LogP contribution in [0.5, 0.6) is 0 Å². The van der Waals surface area contributed by atoms with E-state index in [1.165, 1.54) is 59.6 Å². The van der Waals surface area contributed by atoms with Gasteiger partial charge in [-0.3, -0.25) is 25.0 Å². The number of alkyl halides is 15. The van der Waals surface area contributed by atoms with Crippen LogP contribution in [0.15, 0.2) is 98.1 Å². The van der Waals surface area contributed by atoms with Crippen molar-refractivity contribution >= 4 is 46.9 Å². The highest BCUT2D eigenvalue weighted by atomic mass is 19.4. The molecule has 2 aromatic carbocycles. The SMILES string of the molecule is C/C=C/C(=O)OC.CC1=C(CO)CN=C1C(F)(F)F.COC(=O)C1=C(C)C(C(F)(F)F)=NC1.COC(=O)C1=NN[C@@H](C(F)(F)F)[C@@H]1C.COCc1c(C)c(C(F)(F)F)nn1-c1ccc(CN2CCCC2=O)cc1.Cc1c(C(F)(F)F)nn(-c2ccc(CN3CCCC3=O)cc2)c1CO. The van der Waals surface area contributed by atoms with Crippen LogP contribution in [0.25, 0.3) is 11.4 Å². The predicted octanol–water partition coefficient (Wildman–Crippen LogP) is 10.5. The summed E-state index contributed by atoms with van der Waals surface area (Å²) in [6.45, 7) is 9.57. The van der Waals surface area contributed by atoms with Gasteiger partial charge in [-0.15, -0.1) is 0 Å². The lowest BCUT2D eigenvalue weighted by Gasteiger charge is -2.18. The number of esters is 3. The van der Waals surface area contributed by atoms with Crippen molar-refractivity contribution in [1.29, 1.82) is 0 Å². The van der Waals surface area contributed by atoms with Crippen molar-refractivity contribution in [2.45, 2.75) is 130 Å². The molecule has 0 aliphatic carbocycles. The van der Waals surface area contributed by atoms with E-state index in [4.69, 9.17) is 9.84 Å². The normalized spacial score (nSPS) is 17.1. The lowest BCUT2D eigenvalue weighted by Crippen LogP contribution is -2.42. The minimum atomic E-state index is -4.57. The van der Waals surface area contributed by atoms with Gasteiger partial charge in [-0.1, -0.05) is 37.3 Å². The van der Waals surface area contributed by atoms with E-state index in [-0.39, 0.29) is 83.3 Å². The van der Waals surface area contributed by atoms with E-state index in [2.05, 4.69) is 39.5 Å². The zero-order valence-electron chi connectivity index (χ0n) is 54.4. The molecule has 4 aromatic rings. The number of hydrogen-bond acceptors (Lipinski definition) is 17. The van der Waals surface area contributed by atoms with Crippen LogP contribution in [0.2, 0.25) is 0 Å². The molecule has 2 atom stereocenters. The Bertz CT molecular complexity index is 3640. The first-order valence-corrected chi connectivity index (χ1v) is 29.3. The van der Waals surface area contributed by atoms with Crippen LogP contribution in [0.4, 0.5) is 65.9 Å². The van der Waals surface area contributed by atoms with Crippen molar-refractivity contribution in [3.05, 3.63) is 128 Å². The second kappa shape index (κ2) is 35.0. The topological polar surface area (TPSA) is 254 Å². The van der Waals surface area contributed by atoms with Gasteiger partial charge in [0.2, 0.25) is 11.8 Å². The number of hydrazone groups is 1. The number of aliphatic hydroxyl groups is 2. The second-order valence-corrected chi connectivity index (χ2v) is 21.7. The van der Waals surface area contributed by atoms with Crippen LogP contribution in [-0.2, 0) is 81.6 Å². The Kier molecular flexibility index (Phi) is 29.1. The van der Waals surface area contributed by atoms with Crippen LogP contribution in [-0.4, -0.2) is 172 Å². The monoisotopic (exact) mass is 1420 g/mol. The molecule has 2 amide bonds. The third-order valence-electron chi connectivity index (χ3n) is 15.1. The van der Waals surface area contributed by atoms with Gasteiger partial charge >= 0.3 is 48.8 Å². The number of aliphatic hydroxyl groups excluding tert-OH is 2. The van der Waals surface area contributed by atoms with Crippen molar-refractivity contribution < 1.29 is 119 Å². The molecule has 0 unspecified atom stereocenters. The Hall–Kier alpha value is -8.93. The molecule has 7 heterocycles. The van der Waals surface area contributed by atoms with Gasteiger partial charge in [0.25, 0.3) is 0 Å². The third-order valence-corrected chi connectivity index (χ3v) is 15.1. The van der Waals surface area contributed by atoms with Crippen LogP contribution >= 0.6 is 0 Å². The molecule has 2 fully saturated rings. The lowest BCUT2D eigenvalue weighted by molar-refractivity contribution is -0.159. The number of amides is 2. The predicted molar refractivity (Wildman–Crippen MR) is 322 cm³/mol. The number of allylic oxidation sites excluding steroid dienone is 3. The Morgan fingerprint density at radius 1 is 0.602 bits per heavy atom. The molecule has 21 nitrogen and oxygen atoms in total. The fourth-order valence-electron chi connectivity index (χ4n) is 9.83. The van der Waals surface area contributed by atoms with Gasteiger partial charge in [0.05, 0.1) is 82.6 Å². The number of carbonyl (C=O) groups is 5. The number of nitrogens with zero attached hydrogens (tertiary/aromatic N) is 9. The molecule has 36 heteroatoms. The largest absolute Gasteiger partial charge is 0.466 e. The standard InChI is InChI=1S/C18H20F3N3O2.C17H18F3N3O2.C8H8F3NO2.C7H9F3N2O2.C7H8F3NO.C5H8O2/c1-12-15(11-26-2)24(22-17(12)18(19,20)21)14-7-5-13(6-8-14)10-23-9-3-4-16(23)25;1-11-14(10-24)23(21-16(11)17(18,19)20)13-6-4-12(5-7-13)9-22-8-2-3-15(22)25;1-4-5(7(13)14-2)3-12-6(4)8(9,10)11;1-3-4(6(13)14-2)11-12-5(3)7(8,9)10;1-4-5(3-12)2-11-6(4)7(8,9)10;1-3-4-5(6)7-2/h5-8H,3-4,9-11H2,1-2H3;4-7,24H,2-3,8-10H2,1H3;3H2,1-2H3;3,5,12H,1-2H3;12H,2-3H2,1H3;3-4H,1-2H3/b;;;;;4-3+/t;;;3-,5-;;/m...1../s1. The smallest absolute Gasteiger partial charge is 0.435 e. The average Bonchev–Trinajstić information content (AvgIpc) is 1.65. The number of likely N-dealkylation sites (tertiary alicyclic amines) is 2. The summed E-state index contributed by atoms with van der Waals surface area (Å²) >= 11 is 0. The summed E-state index contributed by atoms with van der Waals surface area (Å²) in [4.78, 5) is 65.5. The molecule has 5 aliphatic heterocycles. The lowest BCUT2D eigenvalue weighted by atomic mass is 9.98. The molecule has 0 saturated carbocycles. The number of halogens is 15. The van der Waals surface area contributed by atoms with Crippen molar-refractivity contribution in [2.24, 2.45) is 21.0 Å². The van der Waals surface area contributed by atoms with E-state index in [1.54, 1.807) is 59.2 Å². The Morgan fingerprint density at radius 3 is 1.36 bits per heavy atom. The highest BCUT2D eigenvalue weighted by molar-refractivity contribution is 6.37. The fourth-order valence-corrected chi connectivity index (χ4v) is 9.83. The zero-order chi connectivity index (χ0) is 74.0. The van der Waals surface area contributed by atoms with Crippen LogP contribution in [0.3, 0.4) is 0 Å². The molecule has 2 aromatic heterocycles. The van der Waals surface area contributed by atoms with E-state index < -0.39 is 84.2 Å². The highest BCUT2D eigenvalue weighted by Gasteiger charge is 2.50. The maximum Gasteiger partial charge on any atom is 0.435 e. The van der Waals surface area contributed by atoms with E-state index in [9.17, 15) is 94.9 Å². The van der Waals surface area contributed by atoms with Crippen LogP contribution in [0, 0.1) is 19.8 Å². The van der Waals surface area contributed by atoms with Gasteiger partial charge in [0, 0.05) is 69.3 Å². The average molecular weight is 1420 g/mol. The van der Waals surface area contributed by atoms with E-state index >= 15 is 0 Å². The number of methoxy groups -OCH3 is 4. The van der Waals surface area contributed by atoms with Crippen molar-refractivity contribution in [2.75, 3.05) is 61.2 Å². The summed E-state index contributed by atoms with van der Waals surface area (Å²) < 4.78 is 209. The first-order valence-electron chi connectivity index (χ1n) is 29.3. The molecular weight excluding hydrogens is 1350 g/mol. The minimum absolute atomic E-state index is 0.0267. The van der Waals surface area contributed by atoms with Gasteiger partial charge in [0.15, 0.2) is 17.1 Å². The number of ether oxygens (including phenoxy) is 4. The van der Waals surface area contributed by atoms with Gasteiger partial charge in [-0.25, -0.2) is 23.7 Å². The molecular formula is C62H71F15N10O11. The van der Waals surface area contributed by atoms with Crippen molar-refractivity contribution in [1.82, 2.24) is 34.8 Å². The molecule has 3 N–H and O–H groups in total. The van der Waals surface area contributed by atoms with Gasteiger partial charge in [-0.2, -0.15) is 81.2 Å². The summed E-state index contributed by atoms with van der Waals surface area (Å²) in [5, 5.41) is 28.8. The number of nitrogens with one attached hydrogen (secondary N) is 1. The molecule has 5 aliphatic rings. The molecule has 0 radical (unpaired) electrons. The number of carbonyl (C=O) groups excluding carboxylic acids is 5. The summed E-state index contributed by atoms with van der Waals surface area (Å²) in [5.41, 5.74) is 1.35. The molecule has 2 saturated heterocycles. The first-order chi connectivity index (χ1) is 45.6. The van der Waals surface area contributed by atoms with E-state index in [0.29, 0.717) is 48.6 Å². The second-order valence-electron chi connectivity index (χ2n) is 21.7. The fraction of sp³-hybridized carbons (Fsp3) is 0.484. The van der Waals surface area contributed by atoms with E-state index in [1.807, 2.05) is 17.6 Å². The summed E-state index contributed by atoms with van der Waals surface area (Å²) in [6, 6.07) is 12.0. The van der Waals surface area contributed by atoms with Gasteiger partial charge in [0.1, 0.15) is 17.5 Å². The van der Waals surface area contributed by atoms with Crippen LogP contribution in [0.1, 0.15) is 98.4 Å². The minimum Gasteiger partial charge on any atom is -0.466 e. The Balaban J connectivity index is 0.000000262. The maximum atomic E-state index is 13.2. The Labute approximate surface area is 551 Å².